The second-order valence-electron chi connectivity index (χ2n) is 7.41. The minimum absolute atomic E-state index is 0.0787. The molecule has 0 unspecified atom stereocenters. The molecule has 8 heteroatoms. The molecular weight excluding hydrogens is 394 g/mol. The number of hydrogen-bond acceptors (Lipinski definition) is 6. The second kappa shape index (κ2) is 9.93. The summed E-state index contributed by atoms with van der Waals surface area (Å²) in [6.45, 7) is 9.77. The number of carbonyl (C=O) groups is 2. The molecule has 2 N–H and O–H groups in total. The van der Waals surface area contributed by atoms with E-state index in [1.54, 1.807) is 23.1 Å². The summed E-state index contributed by atoms with van der Waals surface area (Å²) in [6.07, 6.45) is 0.401. The van der Waals surface area contributed by atoms with Crippen molar-refractivity contribution in [3.63, 3.8) is 0 Å². The van der Waals surface area contributed by atoms with Crippen LogP contribution in [0.4, 0.5) is 10.5 Å². The predicted molar refractivity (Wildman–Crippen MR) is 114 cm³/mol. The van der Waals surface area contributed by atoms with Gasteiger partial charge in [0.05, 0.1) is 0 Å². The van der Waals surface area contributed by atoms with Gasteiger partial charge in [-0.25, -0.2) is 9.78 Å². The minimum Gasteiger partial charge on any atom is -0.444 e. The zero-order valence-corrected chi connectivity index (χ0v) is 18.6. The summed E-state index contributed by atoms with van der Waals surface area (Å²) in [7, 11) is 0. The Morgan fingerprint density at radius 1 is 1.25 bits per heavy atom. The van der Waals surface area contributed by atoms with E-state index in [1.807, 2.05) is 58.2 Å². The fraction of sp³-hybridized carbons (Fsp3) is 0.450. The lowest BCUT2D eigenvalue weighted by Crippen LogP contribution is -2.33. The molecule has 0 radical (unpaired) electrons. The number of aryl methyl sites for hydroxylation is 2. The molecule has 0 aliphatic carbocycles. The largest absolute Gasteiger partial charge is 0.444 e. The van der Waals surface area contributed by atoms with Crippen molar-refractivity contribution in [3.05, 3.63) is 34.8 Å². The molecule has 152 valence electrons. The first kappa shape index (κ1) is 22.2. The summed E-state index contributed by atoms with van der Waals surface area (Å²) in [5.74, 6) is -0.0787. The van der Waals surface area contributed by atoms with Crippen molar-refractivity contribution in [2.24, 2.45) is 0 Å². The van der Waals surface area contributed by atoms with Crippen LogP contribution < -0.4 is 10.6 Å². The number of ether oxygens (including phenoxy) is 1. The van der Waals surface area contributed by atoms with Crippen molar-refractivity contribution in [2.45, 2.75) is 62.3 Å². The van der Waals surface area contributed by atoms with Crippen LogP contribution in [0.25, 0.3) is 0 Å². The SMILES string of the molecule is Cc1csc(Sc2ccc(NC(=O)CCCNC(=O)OC(C)(C)C)c(C)c2)n1. The van der Waals surface area contributed by atoms with E-state index in [1.165, 1.54) is 0 Å². The van der Waals surface area contributed by atoms with Gasteiger partial charge in [0.1, 0.15) is 5.60 Å². The van der Waals surface area contributed by atoms with Gasteiger partial charge in [0, 0.05) is 34.6 Å². The number of rotatable bonds is 7. The standard InChI is InChI=1S/C20H27N3O3S2/c1-13-11-15(28-19-22-14(2)12-27-19)8-9-16(13)23-17(24)7-6-10-21-18(25)26-20(3,4)5/h8-9,11-12H,6-7,10H2,1-5H3,(H,21,25)(H,23,24). The number of nitrogens with one attached hydrogen (secondary N) is 2. The van der Waals surface area contributed by atoms with E-state index in [0.717, 1.165) is 26.2 Å². The molecule has 1 heterocycles. The number of amides is 2. The van der Waals surface area contributed by atoms with Gasteiger partial charge in [-0.1, -0.05) is 11.8 Å². The second-order valence-corrected chi connectivity index (χ2v) is 9.59. The Labute approximate surface area is 174 Å². The Morgan fingerprint density at radius 2 is 2.00 bits per heavy atom. The maximum absolute atomic E-state index is 12.1. The predicted octanol–water partition coefficient (Wildman–Crippen LogP) is 5.15. The van der Waals surface area contributed by atoms with E-state index in [9.17, 15) is 9.59 Å². The summed E-state index contributed by atoms with van der Waals surface area (Å²) in [5, 5.41) is 7.61. The summed E-state index contributed by atoms with van der Waals surface area (Å²) >= 11 is 3.24. The van der Waals surface area contributed by atoms with Crippen LogP contribution in [0.5, 0.6) is 0 Å². The number of hydrogen-bond donors (Lipinski definition) is 2. The van der Waals surface area contributed by atoms with E-state index in [-0.39, 0.29) is 5.91 Å². The van der Waals surface area contributed by atoms with E-state index in [0.29, 0.717) is 19.4 Å². The molecule has 0 saturated heterocycles. The fourth-order valence-electron chi connectivity index (χ4n) is 2.29. The van der Waals surface area contributed by atoms with Gasteiger partial charge in [-0.3, -0.25) is 4.79 Å². The third kappa shape index (κ3) is 7.90. The Bertz CT molecular complexity index is 828. The Balaban J connectivity index is 1.76. The zero-order valence-electron chi connectivity index (χ0n) is 16.9. The van der Waals surface area contributed by atoms with E-state index >= 15 is 0 Å². The molecule has 0 spiro atoms. The smallest absolute Gasteiger partial charge is 0.407 e. The molecular formula is C20H27N3O3S2. The fourth-order valence-corrected chi connectivity index (χ4v) is 4.20. The van der Waals surface area contributed by atoms with Crippen molar-refractivity contribution in [2.75, 3.05) is 11.9 Å². The van der Waals surface area contributed by atoms with E-state index in [4.69, 9.17) is 4.74 Å². The Kier molecular flexibility index (Phi) is 7.88. The van der Waals surface area contributed by atoms with Crippen LogP contribution in [0.2, 0.25) is 0 Å². The molecule has 28 heavy (non-hydrogen) atoms. The summed E-state index contributed by atoms with van der Waals surface area (Å²) in [6, 6.07) is 5.93. The minimum atomic E-state index is -0.526. The maximum Gasteiger partial charge on any atom is 0.407 e. The van der Waals surface area contributed by atoms with Gasteiger partial charge in [-0.05, 0) is 64.8 Å². The van der Waals surface area contributed by atoms with Crippen LogP contribution in [0.3, 0.4) is 0 Å². The number of thiazole rings is 1. The molecule has 0 aliphatic heterocycles. The van der Waals surface area contributed by atoms with E-state index in [2.05, 4.69) is 15.6 Å². The maximum atomic E-state index is 12.1. The first-order valence-corrected chi connectivity index (χ1v) is 10.8. The number of carbonyl (C=O) groups excluding carboxylic acids is 2. The van der Waals surface area contributed by atoms with Crippen LogP contribution in [-0.4, -0.2) is 29.1 Å². The molecule has 2 aromatic rings. The molecule has 1 aromatic heterocycles. The van der Waals surface area contributed by atoms with E-state index < -0.39 is 11.7 Å². The van der Waals surface area contributed by atoms with Gasteiger partial charge in [0.2, 0.25) is 5.91 Å². The Hall–Kier alpha value is -2.06. The topological polar surface area (TPSA) is 80.3 Å². The average Bonchev–Trinajstić information content (AvgIpc) is 2.97. The van der Waals surface area contributed by atoms with Crippen LogP contribution in [0.1, 0.15) is 44.9 Å². The number of alkyl carbamates (subject to hydrolysis) is 1. The van der Waals surface area contributed by atoms with Gasteiger partial charge in [-0.2, -0.15) is 0 Å². The first-order chi connectivity index (χ1) is 13.1. The highest BCUT2D eigenvalue weighted by Crippen LogP contribution is 2.32. The quantitative estimate of drug-likeness (QED) is 0.604. The van der Waals surface area contributed by atoms with Gasteiger partial charge in [0.15, 0.2) is 4.34 Å². The van der Waals surface area contributed by atoms with Crippen molar-refractivity contribution in [3.8, 4) is 0 Å². The summed E-state index contributed by atoms with van der Waals surface area (Å²) < 4.78 is 6.16. The molecule has 1 aromatic carbocycles. The average molecular weight is 422 g/mol. The highest BCUT2D eigenvalue weighted by Gasteiger charge is 2.15. The number of aromatic nitrogens is 1. The molecule has 2 amide bonds. The van der Waals surface area contributed by atoms with Crippen LogP contribution in [-0.2, 0) is 9.53 Å². The highest BCUT2D eigenvalue weighted by atomic mass is 32.2. The van der Waals surface area contributed by atoms with Gasteiger partial charge < -0.3 is 15.4 Å². The lowest BCUT2D eigenvalue weighted by atomic mass is 10.2. The molecule has 2 rings (SSSR count). The Morgan fingerprint density at radius 3 is 2.61 bits per heavy atom. The van der Waals surface area contributed by atoms with Gasteiger partial charge in [0.25, 0.3) is 0 Å². The molecule has 0 bridgehead atoms. The number of anilines is 1. The van der Waals surface area contributed by atoms with Crippen molar-refractivity contribution >= 4 is 40.8 Å². The molecule has 6 nitrogen and oxygen atoms in total. The van der Waals surface area contributed by atoms with Crippen molar-refractivity contribution in [1.82, 2.24) is 10.3 Å². The van der Waals surface area contributed by atoms with Crippen LogP contribution >= 0.6 is 23.1 Å². The van der Waals surface area contributed by atoms with Crippen molar-refractivity contribution < 1.29 is 14.3 Å². The molecule has 0 atom stereocenters. The first-order valence-electron chi connectivity index (χ1n) is 9.10. The molecule has 0 fully saturated rings. The van der Waals surface area contributed by atoms with Gasteiger partial charge in [-0.15, -0.1) is 11.3 Å². The lowest BCUT2D eigenvalue weighted by molar-refractivity contribution is -0.116. The monoisotopic (exact) mass is 421 g/mol. The van der Waals surface area contributed by atoms with Crippen molar-refractivity contribution in [1.29, 1.82) is 0 Å². The lowest BCUT2D eigenvalue weighted by Gasteiger charge is -2.19. The normalized spacial score (nSPS) is 11.2. The van der Waals surface area contributed by atoms with Gasteiger partial charge >= 0.3 is 6.09 Å². The van der Waals surface area contributed by atoms with Crippen LogP contribution in [0, 0.1) is 13.8 Å². The molecule has 0 saturated carbocycles. The number of nitrogens with zero attached hydrogens (tertiary/aromatic N) is 1. The highest BCUT2D eigenvalue weighted by molar-refractivity contribution is 8.01. The van der Waals surface area contributed by atoms with Crippen LogP contribution in [0.15, 0.2) is 32.8 Å². The number of benzene rings is 1. The summed E-state index contributed by atoms with van der Waals surface area (Å²) in [4.78, 5) is 29.3. The zero-order chi connectivity index (χ0) is 20.7. The third-order valence-electron chi connectivity index (χ3n) is 3.52. The third-order valence-corrected chi connectivity index (χ3v) is 5.57. The summed E-state index contributed by atoms with van der Waals surface area (Å²) in [5.41, 5.74) is 2.29. The molecule has 0 aliphatic rings.